The largest absolute Gasteiger partial charge is 0.492 e. The Morgan fingerprint density at radius 3 is 2.20 bits per heavy atom. The van der Waals surface area contributed by atoms with Gasteiger partial charge in [0.2, 0.25) is 0 Å². The lowest BCUT2D eigenvalue weighted by molar-refractivity contribution is 0.101. The van der Waals surface area contributed by atoms with E-state index in [4.69, 9.17) is 9.47 Å². The van der Waals surface area contributed by atoms with Crippen molar-refractivity contribution in [3.05, 3.63) is 28.7 Å². The first-order valence-electron chi connectivity index (χ1n) is 7.32. The van der Waals surface area contributed by atoms with E-state index in [-0.39, 0.29) is 0 Å². The van der Waals surface area contributed by atoms with Crippen molar-refractivity contribution < 1.29 is 9.47 Å². The summed E-state index contributed by atoms with van der Waals surface area (Å²) in [7, 11) is 1.75. The maximum atomic E-state index is 5.81. The van der Waals surface area contributed by atoms with Gasteiger partial charge in [-0.1, -0.05) is 29.8 Å². The predicted molar refractivity (Wildman–Crippen MR) is 87.5 cm³/mol. The van der Waals surface area contributed by atoms with E-state index in [0.29, 0.717) is 12.6 Å². The van der Waals surface area contributed by atoms with Crippen LogP contribution in [-0.4, -0.2) is 44.4 Å². The summed E-state index contributed by atoms with van der Waals surface area (Å²) in [5.41, 5.74) is 0. The third-order valence-electron chi connectivity index (χ3n) is 3.50. The fourth-order valence-electron chi connectivity index (χ4n) is 2.30. The van der Waals surface area contributed by atoms with Gasteiger partial charge in [0.15, 0.2) is 0 Å². The maximum absolute atomic E-state index is 5.81. The van der Waals surface area contributed by atoms with Crippen molar-refractivity contribution >= 4 is 15.9 Å². The number of hydrogen-bond donors (Lipinski definition) is 0. The summed E-state index contributed by atoms with van der Waals surface area (Å²) >= 11 is 3.43. The number of halogens is 1. The van der Waals surface area contributed by atoms with Gasteiger partial charge in [0.05, 0.1) is 6.61 Å². The Morgan fingerprint density at radius 1 is 1.05 bits per heavy atom. The second-order valence-electron chi connectivity index (χ2n) is 4.80. The van der Waals surface area contributed by atoms with Crippen LogP contribution in [0, 0.1) is 0 Å². The van der Waals surface area contributed by atoms with Gasteiger partial charge < -0.3 is 9.47 Å². The van der Waals surface area contributed by atoms with E-state index in [1.807, 2.05) is 24.3 Å². The molecule has 3 nitrogen and oxygen atoms in total. The van der Waals surface area contributed by atoms with E-state index in [1.165, 1.54) is 12.8 Å². The highest BCUT2D eigenvalue weighted by Gasteiger charge is 2.14. The molecule has 0 spiro atoms. The van der Waals surface area contributed by atoms with Gasteiger partial charge in [0, 0.05) is 30.7 Å². The van der Waals surface area contributed by atoms with Gasteiger partial charge in [-0.3, -0.25) is 4.90 Å². The molecule has 0 amide bonds. The van der Waals surface area contributed by atoms with Crippen molar-refractivity contribution in [2.24, 2.45) is 0 Å². The van der Waals surface area contributed by atoms with Crippen LogP contribution in [0.5, 0.6) is 5.75 Å². The Balaban J connectivity index is 2.42. The molecule has 0 aromatic heterocycles. The standard InChI is InChI=1S/C16H26BrNO2/c1-4-15(5-2)18(10-12-19-3)11-13-20-16-8-6-14(17)7-9-16/h6-9,15H,4-5,10-13H2,1-3H3. The summed E-state index contributed by atoms with van der Waals surface area (Å²) < 4.78 is 12.1. The number of nitrogens with zero attached hydrogens (tertiary/aromatic N) is 1. The first-order chi connectivity index (χ1) is 9.71. The van der Waals surface area contributed by atoms with Gasteiger partial charge in [-0.2, -0.15) is 0 Å². The normalized spacial score (nSPS) is 11.3. The number of hydrogen-bond acceptors (Lipinski definition) is 3. The fraction of sp³-hybridized carbons (Fsp3) is 0.625. The number of methoxy groups -OCH3 is 1. The average molecular weight is 344 g/mol. The second-order valence-corrected chi connectivity index (χ2v) is 5.72. The second kappa shape index (κ2) is 10.2. The SMILES string of the molecule is CCC(CC)N(CCOC)CCOc1ccc(Br)cc1. The Bertz CT molecular complexity index is 352. The molecule has 0 radical (unpaired) electrons. The minimum absolute atomic E-state index is 0.610. The van der Waals surface area contributed by atoms with Crippen molar-refractivity contribution in [3.8, 4) is 5.75 Å². The molecule has 20 heavy (non-hydrogen) atoms. The van der Waals surface area contributed by atoms with Gasteiger partial charge in [0.25, 0.3) is 0 Å². The summed E-state index contributed by atoms with van der Waals surface area (Å²) in [6, 6.07) is 8.58. The molecule has 1 aromatic carbocycles. The lowest BCUT2D eigenvalue weighted by Gasteiger charge is -2.30. The van der Waals surface area contributed by atoms with Crippen molar-refractivity contribution in [2.75, 3.05) is 33.4 Å². The zero-order chi connectivity index (χ0) is 14.8. The minimum Gasteiger partial charge on any atom is -0.492 e. The number of rotatable bonds is 10. The highest BCUT2D eigenvalue weighted by atomic mass is 79.9. The average Bonchev–Trinajstić information content (AvgIpc) is 2.47. The van der Waals surface area contributed by atoms with Crippen LogP contribution >= 0.6 is 15.9 Å². The quantitative estimate of drug-likeness (QED) is 0.641. The van der Waals surface area contributed by atoms with E-state index < -0.39 is 0 Å². The number of ether oxygens (including phenoxy) is 2. The van der Waals surface area contributed by atoms with Crippen LogP contribution in [0.25, 0.3) is 0 Å². The fourth-order valence-corrected chi connectivity index (χ4v) is 2.57. The lowest BCUT2D eigenvalue weighted by Crippen LogP contribution is -2.39. The summed E-state index contributed by atoms with van der Waals surface area (Å²) in [6.45, 7) is 7.86. The molecule has 0 N–H and O–H groups in total. The Labute approximate surface area is 131 Å². The molecule has 0 aliphatic rings. The van der Waals surface area contributed by atoms with Crippen molar-refractivity contribution in [3.63, 3.8) is 0 Å². The van der Waals surface area contributed by atoms with Crippen LogP contribution in [0.3, 0.4) is 0 Å². The molecule has 0 saturated carbocycles. The van der Waals surface area contributed by atoms with Gasteiger partial charge in [-0.15, -0.1) is 0 Å². The van der Waals surface area contributed by atoms with Crippen LogP contribution in [0.1, 0.15) is 26.7 Å². The van der Waals surface area contributed by atoms with Gasteiger partial charge in [-0.05, 0) is 37.1 Å². The van der Waals surface area contributed by atoms with Gasteiger partial charge in [0.1, 0.15) is 12.4 Å². The molecule has 0 aliphatic carbocycles. The highest BCUT2D eigenvalue weighted by Crippen LogP contribution is 2.16. The molecule has 1 rings (SSSR count). The zero-order valence-electron chi connectivity index (χ0n) is 12.8. The van der Waals surface area contributed by atoms with Crippen LogP contribution in [0.2, 0.25) is 0 Å². The summed E-state index contributed by atoms with van der Waals surface area (Å²) in [6.07, 6.45) is 2.33. The molecule has 0 heterocycles. The molecule has 0 atom stereocenters. The van der Waals surface area contributed by atoms with Crippen LogP contribution < -0.4 is 4.74 Å². The third kappa shape index (κ3) is 6.25. The van der Waals surface area contributed by atoms with Crippen LogP contribution in [0.15, 0.2) is 28.7 Å². The zero-order valence-corrected chi connectivity index (χ0v) is 14.4. The highest BCUT2D eigenvalue weighted by molar-refractivity contribution is 9.10. The van der Waals surface area contributed by atoms with Crippen molar-refractivity contribution in [1.82, 2.24) is 4.90 Å². The lowest BCUT2D eigenvalue weighted by atomic mass is 10.1. The molecule has 0 bridgehead atoms. The third-order valence-corrected chi connectivity index (χ3v) is 4.03. The monoisotopic (exact) mass is 343 g/mol. The molecular formula is C16H26BrNO2. The van der Waals surface area contributed by atoms with Crippen LogP contribution in [-0.2, 0) is 4.74 Å². The van der Waals surface area contributed by atoms with Crippen molar-refractivity contribution in [2.45, 2.75) is 32.7 Å². The molecule has 0 unspecified atom stereocenters. The van der Waals surface area contributed by atoms with Crippen LogP contribution in [0.4, 0.5) is 0 Å². The minimum atomic E-state index is 0.610. The molecule has 114 valence electrons. The smallest absolute Gasteiger partial charge is 0.119 e. The summed E-state index contributed by atoms with van der Waals surface area (Å²) in [5, 5.41) is 0. The molecule has 1 aromatic rings. The Hall–Kier alpha value is -0.580. The first-order valence-corrected chi connectivity index (χ1v) is 8.11. The summed E-state index contributed by atoms with van der Waals surface area (Å²) in [4.78, 5) is 2.46. The van der Waals surface area contributed by atoms with Gasteiger partial charge in [-0.25, -0.2) is 0 Å². The van der Waals surface area contributed by atoms with Gasteiger partial charge >= 0.3 is 0 Å². The molecule has 0 fully saturated rings. The van der Waals surface area contributed by atoms with E-state index >= 15 is 0 Å². The predicted octanol–water partition coefficient (Wildman–Crippen LogP) is 3.96. The van der Waals surface area contributed by atoms with E-state index in [0.717, 1.165) is 29.9 Å². The molecule has 0 aliphatic heterocycles. The Kier molecular flexibility index (Phi) is 8.90. The van der Waals surface area contributed by atoms with E-state index in [9.17, 15) is 0 Å². The topological polar surface area (TPSA) is 21.7 Å². The molecular weight excluding hydrogens is 318 g/mol. The maximum Gasteiger partial charge on any atom is 0.119 e. The Morgan fingerprint density at radius 2 is 1.65 bits per heavy atom. The van der Waals surface area contributed by atoms with E-state index in [2.05, 4.69) is 34.7 Å². The number of benzene rings is 1. The van der Waals surface area contributed by atoms with Crippen molar-refractivity contribution in [1.29, 1.82) is 0 Å². The first kappa shape index (κ1) is 17.5. The molecule has 0 saturated heterocycles. The van der Waals surface area contributed by atoms with E-state index in [1.54, 1.807) is 7.11 Å². The molecule has 4 heteroatoms. The summed E-state index contributed by atoms with van der Waals surface area (Å²) in [5.74, 6) is 0.921.